The second kappa shape index (κ2) is 6.41. The first kappa shape index (κ1) is 16.4. The Morgan fingerprint density at radius 1 is 1.38 bits per heavy atom. The molecule has 1 aliphatic rings. The normalized spacial score (nSPS) is 17.7. The number of nitrogens with zero attached hydrogens (tertiary/aromatic N) is 1. The van der Waals surface area contributed by atoms with Crippen LogP contribution in [0.2, 0.25) is 0 Å². The minimum Gasteiger partial charge on any atom is -0.469 e. The molecular weight excluding hydrogens is 365 g/mol. The monoisotopic (exact) mass is 379 g/mol. The molecule has 21 heavy (non-hydrogen) atoms. The standard InChI is InChI=1S/C13H15BrFNO4S/c1-20-13(17)9-4-6-16(7-5-9)21(18,19)12-8-10(14)2-3-11(12)15/h2-3,8-9H,4-7H2,1H3. The van der Waals surface area contributed by atoms with E-state index in [0.717, 1.165) is 6.07 Å². The summed E-state index contributed by atoms with van der Waals surface area (Å²) in [4.78, 5) is 11.1. The first-order valence-corrected chi connectivity index (χ1v) is 8.62. The van der Waals surface area contributed by atoms with Gasteiger partial charge in [-0.2, -0.15) is 4.31 Å². The van der Waals surface area contributed by atoms with E-state index in [1.807, 2.05) is 0 Å². The number of hydrogen-bond acceptors (Lipinski definition) is 4. The third kappa shape index (κ3) is 3.44. The third-order valence-electron chi connectivity index (χ3n) is 3.50. The molecule has 0 aromatic heterocycles. The fraction of sp³-hybridized carbons (Fsp3) is 0.462. The Bertz CT molecular complexity index is 642. The number of carbonyl (C=O) groups is 1. The number of hydrogen-bond donors (Lipinski definition) is 0. The Labute approximate surface area is 131 Å². The molecule has 1 heterocycles. The molecule has 1 aromatic carbocycles. The van der Waals surface area contributed by atoms with Crippen molar-refractivity contribution in [3.8, 4) is 0 Å². The largest absolute Gasteiger partial charge is 0.469 e. The first-order valence-electron chi connectivity index (χ1n) is 6.39. The van der Waals surface area contributed by atoms with Gasteiger partial charge in [0.25, 0.3) is 0 Å². The number of methoxy groups -OCH3 is 1. The second-order valence-electron chi connectivity index (χ2n) is 4.78. The number of benzene rings is 1. The average Bonchev–Trinajstić information content (AvgIpc) is 2.49. The van der Waals surface area contributed by atoms with Crippen LogP contribution in [0.3, 0.4) is 0 Å². The summed E-state index contributed by atoms with van der Waals surface area (Å²) in [5.41, 5.74) is 0. The van der Waals surface area contributed by atoms with Gasteiger partial charge in [0.1, 0.15) is 10.7 Å². The lowest BCUT2D eigenvalue weighted by Crippen LogP contribution is -2.40. The van der Waals surface area contributed by atoms with Crippen molar-refractivity contribution in [3.63, 3.8) is 0 Å². The van der Waals surface area contributed by atoms with Crippen LogP contribution in [-0.2, 0) is 19.6 Å². The van der Waals surface area contributed by atoms with Crippen LogP contribution in [0.15, 0.2) is 27.6 Å². The summed E-state index contributed by atoms with van der Waals surface area (Å²) in [6.07, 6.45) is 0.753. The average molecular weight is 380 g/mol. The highest BCUT2D eigenvalue weighted by Gasteiger charge is 2.33. The van der Waals surface area contributed by atoms with Crippen LogP contribution < -0.4 is 0 Å². The molecule has 1 aliphatic heterocycles. The molecule has 1 saturated heterocycles. The van der Waals surface area contributed by atoms with E-state index in [1.165, 1.54) is 23.5 Å². The van der Waals surface area contributed by atoms with Crippen molar-refractivity contribution in [3.05, 3.63) is 28.5 Å². The van der Waals surface area contributed by atoms with E-state index in [9.17, 15) is 17.6 Å². The van der Waals surface area contributed by atoms with Gasteiger partial charge in [0, 0.05) is 17.6 Å². The predicted molar refractivity (Wildman–Crippen MR) is 77.6 cm³/mol. The Morgan fingerprint density at radius 3 is 2.57 bits per heavy atom. The van der Waals surface area contributed by atoms with Gasteiger partial charge in [-0.1, -0.05) is 15.9 Å². The molecule has 0 aliphatic carbocycles. The van der Waals surface area contributed by atoms with Crippen molar-refractivity contribution in [1.29, 1.82) is 0 Å². The molecule has 0 amide bonds. The van der Waals surface area contributed by atoms with Crippen LogP contribution in [0.25, 0.3) is 0 Å². The number of sulfonamides is 1. The van der Waals surface area contributed by atoms with Gasteiger partial charge in [-0.3, -0.25) is 4.79 Å². The molecule has 0 bridgehead atoms. The number of ether oxygens (including phenoxy) is 1. The lowest BCUT2D eigenvalue weighted by molar-refractivity contribution is -0.146. The summed E-state index contributed by atoms with van der Waals surface area (Å²) in [5.74, 6) is -1.41. The van der Waals surface area contributed by atoms with Gasteiger partial charge in [-0.05, 0) is 31.0 Å². The van der Waals surface area contributed by atoms with E-state index >= 15 is 0 Å². The maximum Gasteiger partial charge on any atom is 0.308 e. The molecule has 0 radical (unpaired) electrons. The van der Waals surface area contributed by atoms with Gasteiger partial charge in [-0.25, -0.2) is 12.8 Å². The van der Waals surface area contributed by atoms with Gasteiger partial charge in [0.05, 0.1) is 13.0 Å². The molecular formula is C13H15BrFNO4S. The van der Waals surface area contributed by atoms with Gasteiger partial charge in [0.2, 0.25) is 10.0 Å². The fourth-order valence-corrected chi connectivity index (χ4v) is 4.39. The zero-order valence-electron chi connectivity index (χ0n) is 11.4. The molecule has 0 saturated carbocycles. The summed E-state index contributed by atoms with van der Waals surface area (Å²) in [7, 11) is -2.59. The molecule has 0 atom stereocenters. The van der Waals surface area contributed by atoms with Crippen LogP contribution in [0.1, 0.15) is 12.8 Å². The smallest absolute Gasteiger partial charge is 0.308 e. The molecule has 0 N–H and O–H groups in total. The number of esters is 1. The Hall–Kier alpha value is -0.990. The van der Waals surface area contributed by atoms with Crippen molar-refractivity contribution in [2.75, 3.05) is 20.2 Å². The highest BCUT2D eigenvalue weighted by Crippen LogP contribution is 2.27. The third-order valence-corrected chi connectivity index (χ3v) is 5.91. The number of rotatable bonds is 3. The van der Waals surface area contributed by atoms with E-state index < -0.39 is 15.8 Å². The van der Waals surface area contributed by atoms with E-state index in [-0.39, 0.29) is 29.9 Å². The molecule has 0 unspecified atom stereocenters. The number of carbonyl (C=O) groups excluding carboxylic acids is 1. The first-order chi connectivity index (χ1) is 9.86. The molecule has 0 spiro atoms. The minimum atomic E-state index is -3.89. The van der Waals surface area contributed by atoms with Crippen LogP contribution in [0.4, 0.5) is 4.39 Å². The van der Waals surface area contributed by atoms with Gasteiger partial charge >= 0.3 is 5.97 Å². The van der Waals surface area contributed by atoms with Crippen molar-refractivity contribution >= 4 is 31.9 Å². The Kier molecular flexibility index (Phi) is 5.00. The number of piperidine rings is 1. The van der Waals surface area contributed by atoms with Crippen LogP contribution in [0.5, 0.6) is 0 Å². The van der Waals surface area contributed by atoms with Gasteiger partial charge in [-0.15, -0.1) is 0 Å². The zero-order chi connectivity index (χ0) is 15.6. The fourth-order valence-electron chi connectivity index (χ4n) is 2.31. The van der Waals surface area contributed by atoms with Crippen molar-refractivity contribution in [1.82, 2.24) is 4.31 Å². The van der Waals surface area contributed by atoms with Crippen molar-refractivity contribution in [2.24, 2.45) is 5.92 Å². The SMILES string of the molecule is COC(=O)C1CCN(S(=O)(=O)c2cc(Br)ccc2F)CC1. The predicted octanol–water partition coefficient (Wildman–Crippen LogP) is 2.16. The highest BCUT2D eigenvalue weighted by molar-refractivity contribution is 9.10. The van der Waals surface area contributed by atoms with E-state index in [2.05, 4.69) is 20.7 Å². The lowest BCUT2D eigenvalue weighted by Gasteiger charge is -2.29. The van der Waals surface area contributed by atoms with Gasteiger partial charge in [0.15, 0.2) is 0 Å². The summed E-state index contributed by atoms with van der Waals surface area (Å²) in [6, 6.07) is 3.80. The summed E-state index contributed by atoms with van der Waals surface area (Å²) in [5, 5.41) is 0. The minimum absolute atomic E-state index is 0.175. The Morgan fingerprint density at radius 2 is 2.00 bits per heavy atom. The highest BCUT2D eigenvalue weighted by atomic mass is 79.9. The zero-order valence-corrected chi connectivity index (χ0v) is 13.8. The van der Waals surface area contributed by atoms with Crippen molar-refractivity contribution < 1.29 is 22.3 Å². The molecule has 116 valence electrons. The summed E-state index contributed by atoms with van der Waals surface area (Å²) < 4.78 is 45.0. The van der Waals surface area contributed by atoms with E-state index in [1.54, 1.807) is 0 Å². The van der Waals surface area contributed by atoms with Crippen molar-refractivity contribution in [2.45, 2.75) is 17.7 Å². The topological polar surface area (TPSA) is 63.7 Å². The molecule has 2 rings (SSSR count). The lowest BCUT2D eigenvalue weighted by atomic mass is 9.99. The Balaban J connectivity index is 2.19. The van der Waals surface area contributed by atoms with E-state index in [0.29, 0.717) is 17.3 Å². The molecule has 8 heteroatoms. The molecule has 1 aromatic rings. The van der Waals surface area contributed by atoms with E-state index in [4.69, 9.17) is 0 Å². The van der Waals surface area contributed by atoms with Crippen LogP contribution in [0, 0.1) is 11.7 Å². The van der Waals surface area contributed by atoms with Crippen LogP contribution >= 0.6 is 15.9 Å². The quantitative estimate of drug-likeness (QED) is 0.754. The maximum atomic E-state index is 13.8. The number of halogens is 2. The van der Waals surface area contributed by atoms with Gasteiger partial charge < -0.3 is 4.74 Å². The maximum absolute atomic E-state index is 13.8. The summed E-state index contributed by atoms with van der Waals surface area (Å²) >= 11 is 3.14. The molecule has 5 nitrogen and oxygen atoms in total. The van der Waals surface area contributed by atoms with Crippen LogP contribution in [-0.4, -0.2) is 38.9 Å². The summed E-state index contributed by atoms with van der Waals surface area (Å²) in [6.45, 7) is 0.349. The molecule has 1 fully saturated rings. The second-order valence-corrected chi connectivity index (χ2v) is 7.60.